The predicted octanol–water partition coefficient (Wildman–Crippen LogP) is 3.54. The zero-order valence-electron chi connectivity index (χ0n) is 15.4. The Morgan fingerprint density at radius 1 is 1.14 bits per heavy atom. The van der Waals surface area contributed by atoms with Crippen LogP contribution in [0.5, 0.6) is 5.75 Å². The van der Waals surface area contributed by atoms with Crippen LogP contribution in [-0.2, 0) is 0 Å². The van der Waals surface area contributed by atoms with E-state index in [-0.39, 0.29) is 12.1 Å². The number of ether oxygens (including phenoxy) is 1. The smallest absolute Gasteiger partial charge is 0.223 e. The highest BCUT2D eigenvalue weighted by molar-refractivity contribution is 6.32. The number of rotatable bonds is 5. The largest absolute Gasteiger partial charge is 0.495 e. The molecule has 3 N–H and O–H groups in total. The first-order valence-corrected chi connectivity index (χ1v) is 9.53. The Morgan fingerprint density at radius 3 is 2.71 bits per heavy atom. The topological polar surface area (TPSA) is 105 Å². The van der Waals surface area contributed by atoms with E-state index in [1.165, 1.54) is 6.33 Å². The Kier molecular flexibility index (Phi) is 5.40. The molecular weight excluding hydrogens is 380 g/mol. The molecule has 1 aliphatic rings. The van der Waals surface area contributed by atoms with E-state index in [4.69, 9.17) is 16.3 Å². The van der Waals surface area contributed by atoms with Gasteiger partial charge in [-0.15, -0.1) is 0 Å². The fourth-order valence-electron chi connectivity index (χ4n) is 3.30. The summed E-state index contributed by atoms with van der Waals surface area (Å²) in [7, 11) is 1.57. The van der Waals surface area contributed by atoms with Crippen LogP contribution in [0, 0.1) is 0 Å². The average Bonchev–Trinajstić information content (AvgIpc) is 2.70. The van der Waals surface area contributed by atoms with Crippen LogP contribution >= 0.6 is 11.6 Å². The highest BCUT2D eigenvalue weighted by atomic mass is 35.5. The van der Waals surface area contributed by atoms with Crippen LogP contribution in [-0.4, -0.2) is 44.3 Å². The number of benzene rings is 1. The Balaban J connectivity index is 1.59. The SMILES string of the molecule is COc1ccc(Nc2ncnc3cnc(N[C@H]4CC[C@H](O)CC4)nc23)cc1Cl. The molecule has 1 aromatic carbocycles. The van der Waals surface area contributed by atoms with Crippen molar-refractivity contribution in [1.82, 2.24) is 19.9 Å². The molecule has 0 atom stereocenters. The van der Waals surface area contributed by atoms with Crippen LogP contribution in [0.4, 0.5) is 17.5 Å². The Morgan fingerprint density at radius 2 is 1.96 bits per heavy atom. The Hall–Kier alpha value is -2.71. The zero-order valence-corrected chi connectivity index (χ0v) is 16.1. The molecule has 0 unspecified atom stereocenters. The lowest BCUT2D eigenvalue weighted by Gasteiger charge is -2.26. The van der Waals surface area contributed by atoms with Crippen LogP contribution in [0.2, 0.25) is 5.02 Å². The standard InChI is InChI=1S/C19H21ClN6O2/c1-28-16-7-4-12(8-14(16)20)24-18-17-15(22-10-23-18)9-21-19(26-17)25-11-2-5-13(27)6-3-11/h4,7-11,13,27H,2-3,5-6H2,1H3,(H,21,25,26)(H,22,23,24)/t11-,13-. The van der Waals surface area contributed by atoms with Crippen LogP contribution in [0.15, 0.2) is 30.7 Å². The lowest BCUT2D eigenvalue weighted by Crippen LogP contribution is -2.28. The Labute approximate surface area is 167 Å². The van der Waals surface area contributed by atoms with Crippen molar-refractivity contribution in [3.8, 4) is 5.75 Å². The van der Waals surface area contributed by atoms with Crippen LogP contribution < -0.4 is 15.4 Å². The van der Waals surface area contributed by atoms with Crippen molar-refractivity contribution in [3.63, 3.8) is 0 Å². The number of nitrogens with zero attached hydrogens (tertiary/aromatic N) is 4. The molecule has 4 rings (SSSR count). The minimum absolute atomic E-state index is 0.198. The summed E-state index contributed by atoms with van der Waals surface area (Å²) in [5, 5.41) is 16.8. The summed E-state index contributed by atoms with van der Waals surface area (Å²) in [6, 6.07) is 5.66. The number of aliphatic hydroxyl groups is 1. The molecule has 0 aliphatic heterocycles. The highest BCUT2D eigenvalue weighted by Crippen LogP contribution is 2.30. The van der Waals surface area contributed by atoms with Crippen LogP contribution in [0.1, 0.15) is 25.7 Å². The maximum Gasteiger partial charge on any atom is 0.223 e. The number of nitrogens with one attached hydrogen (secondary N) is 2. The van der Waals surface area contributed by atoms with Gasteiger partial charge < -0.3 is 20.5 Å². The molecule has 1 fully saturated rings. The van der Waals surface area contributed by atoms with E-state index in [0.717, 1.165) is 31.4 Å². The van der Waals surface area contributed by atoms with Gasteiger partial charge in [0.05, 0.1) is 24.4 Å². The van der Waals surface area contributed by atoms with Crippen molar-refractivity contribution < 1.29 is 9.84 Å². The van der Waals surface area contributed by atoms with E-state index in [9.17, 15) is 5.11 Å². The maximum atomic E-state index is 9.66. The van der Waals surface area contributed by atoms with Crippen molar-refractivity contribution in [2.45, 2.75) is 37.8 Å². The molecule has 0 saturated heterocycles. The van der Waals surface area contributed by atoms with Gasteiger partial charge in [-0.05, 0) is 43.9 Å². The fraction of sp³-hybridized carbons (Fsp3) is 0.368. The number of methoxy groups -OCH3 is 1. The van der Waals surface area contributed by atoms with Crippen molar-refractivity contribution in [2.75, 3.05) is 17.7 Å². The van der Waals surface area contributed by atoms with Crippen LogP contribution in [0.3, 0.4) is 0 Å². The minimum Gasteiger partial charge on any atom is -0.495 e. The second-order valence-corrected chi connectivity index (χ2v) is 7.18. The lowest BCUT2D eigenvalue weighted by atomic mass is 9.93. The molecule has 9 heteroatoms. The summed E-state index contributed by atoms with van der Waals surface area (Å²) >= 11 is 6.21. The van der Waals surface area contributed by atoms with Crippen LogP contribution in [0.25, 0.3) is 11.0 Å². The zero-order chi connectivity index (χ0) is 19.5. The molecule has 0 radical (unpaired) electrons. The molecule has 2 aromatic heterocycles. The quantitative estimate of drug-likeness (QED) is 0.597. The summed E-state index contributed by atoms with van der Waals surface area (Å²) in [5.74, 6) is 1.70. The van der Waals surface area contributed by atoms with Crippen molar-refractivity contribution >= 4 is 40.1 Å². The highest BCUT2D eigenvalue weighted by Gasteiger charge is 2.20. The third-order valence-electron chi connectivity index (χ3n) is 4.82. The van der Waals surface area contributed by atoms with E-state index >= 15 is 0 Å². The van der Waals surface area contributed by atoms with Gasteiger partial charge in [0.15, 0.2) is 5.82 Å². The normalized spacial score (nSPS) is 19.4. The van der Waals surface area contributed by atoms with Gasteiger partial charge in [0, 0.05) is 11.7 Å². The van der Waals surface area contributed by atoms with Gasteiger partial charge in [-0.3, -0.25) is 0 Å². The van der Waals surface area contributed by atoms with Gasteiger partial charge >= 0.3 is 0 Å². The summed E-state index contributed by atoms with van der Waals surface area (Å²) in [5.41, 5.74) is 2.02. The van der Waals surface area contributed by atoms with Gasteiger partial charge in [-0.25, -0.2) is 19.9 Å². The molecule has 1 saturated carbocycles. The van der Waals surface area contributed by atoms with E-state index in [2.05, 4.69) is 30.6 Å². The van der Waals surface area contributed by atoms with Crippen molar-refractivity contribution in [3.05, 3.63) is 35.7 Å². The van der Waals surface area contributed by atoms with Crippen molar-refractivity contribution in [2.24, 2.45) is 0 Å². The molecule has 146 valence electrons. The molecule has 2 heterocycles. The number of halogens is 1. The number of fused-ring (bicyclic) bond motifs is 1. The van der Waals surface area contributed by atoms with Gasteiger partial charge in [-0.2, -0.15) is 0 Å². The first-order valence-electron chi connectivity index (χ1n) is 9.15. The molecule has 0 bridgehead atoms. The monoisotopic (exact) mass is 400 g/mol. The van der Waals surface area contributed by atoms with E-state index in [1.54, 1.807) is 25.4 Å². The summed E-state index contributed by atoms with van der Waals surface area (Å²) in [6.45, 7) is 0. The van der Waals surface area contributed by atoms with E-state index in [1.807, 2.05) is 6.07 Å². The lowest BCUT2D eigenvalue weighted by molar-refractivity contribution is 0.126. The molecule has 8 nitrogen and oxygen atoms in total. The Bertz CT molecular complexity index is 978. The van der Waals surface area contributed by atoms with Gasteiger partial charge in [-0.1, -0.05) is 11.6 Å². The number of anilines is 3. The molecule has 28 heavy (non-hydrogen) atoms. The second-order valence-electron chi connectivity index (χ2n) is 6.77. The first kappa shape index (κ1) is 18.6. The van der Waals surface area contributed by atoms with Crippen molar-refractivity contribution in [1.29, 1.82) is 0 Å². The minimum atomic E-state index is -0.198. The number of hydrogen-bond acceptors (Lipinski definition) is 8. The fourth-order valence-corrected chi connectivity index (χ4v) is 3.56. The number of aliphatic hydroxyl groups excluding tert-OH is 1. The number of aromatic nitrogens is 4. The maximum absolute atomic E-state index is 9.66. The summed E-state index contributed by atoms with van der Waals surface area (Å²) in [4.78, 5) is 17.5. The van der Waals surface area contributed by atoms with Gasteiger partial charge in [0.2, 0.25) is 5.95 Å². The third kappa shape index (κ3) is 4.07. The average molecular weight is 401 g/mol. The number of hydrogen-bond donors (Lipinski definition) is 3. The molecule has 3 aromatic rings. The summed E-state index contributed by atoms with van der Waals surface area (Å²) in [6.07, 6.45) is 6.31. The predicted molar refractivity (Wildman–Crippen MR) is 108 cm³/mol. The summed E-state index contributed by atoms with van der Waals surface area (Å²) < 4.78 is 5.19. The molecule has 0 amide bonds. The molecular formula is C19H21ClN6O2. The van der Waals surface area contributed by atoms with E-state index < -0.39 is 0 Å². The first-order chi connectivity index (χ1) is 13.6. The van der Waals surface area contributed by atoms with E-state index in [0.29, 0.717) is 33.6 Å². The molecule has 0 spiro atoms. The molecule has 1 aliphatic carbocycles. The third-order valence-corrected chi connectivity index (χ3v) is 5.12. The van der Waals surface area contributed by atoms with Gasteiger partial charge in [0.1, 0.15) is 23.1 Å². The second kappa shape index (κ2) is 8.12. The van der Waals surface area contributed by atoms with Gasteiger partial charge in [0.25, 0.3) is 0 Å².